The number of amides is 1. The van der Waals surface area contributed by atoms with Gasteiger partial charge in [-0.15, -0.1) is 0 Å². The van der Waals surface area contributed by atoms with Gasteiger partial charge in [-0.25, -0.2) is 4.98 Å². The average Bonchev–Trinajstić information content (AvgIpc) is 3.55. The molecule has 1 amide bonds. The van der Waals surface area contributed by atoms with E-state index < -0.39 is 6.10 Å². The zero-order valence-electron chi connectivity index (χ0n) is 21.4. The molecule has 2 aliphatic heterocycles. The van der Waals surface area contributed by atoms with E-state index in [1.54, 1.807) is 4.90 Å². The smallest absolute Gasteiger partial charge is 0.253 e. The number of pyridine rings is 1. The molecule has 1 atom stereocenters. The summed E-state index contributed by atoms with van der Waals surface area (Å²) in [6.45, 7) is 7.50. The lowest BCUT2D eigenvalue weighted by Crippen LogP contribution is -2.44. The topological polar surface area (TPSA) is 75.7 Å². The van der Waals surface area contributed by atoms with Crippen molar-refractivity contribution in [3.05, 3.63) is 72.1 Å². The number of H-pyrrole nitrogens is 1. The van der Waals surface area contributed by atoms with Crippen molar-refractivity contribution in [2.24, 2.45) is 0 Å². The van der Waals surface area contributed by atoms with Crippen LogP contribution >= 0.6 is 0 Å². The molecule has 190 valence electrons. The standard InChI is InChI=1S/C30H33N5O2/c1-20-15-23(7-8-28(20)34-13-11-33(2)12-14-34)24-16-26-27(18-32-29(26)31-17-24)21-3-5-22(6-4-21)30(37)35-10-9-25(36)19-35/h3-8,15-18,25,36H,9-14,19H2,1-2H3,(H,31,32)/t25-/m1/s1. The number of fused-ring (bicyclic) bond motifs is 1. The summed E-state index contributed by atoms with van der Waals surface area (Å²) < 4.78 is 0. The van der Waals surface area contributed by atoms with Crippen molar-refractivity contribution >= 4 is 22.6 Å². The van der Waals surface area contributed by atoms with Gasteiger partial charge in [0.15, 0.2) is 0 Å². The maximum atomic E-state index is 12.8. The van der Waals surface area contributed by atoms with E-state index in [4.69, 9.17) is 4.98 Å². The monoisotopic (exact) mass is 495 g/mol. The summed E-state index contributed by atoms with van der Waals surface area (Å²) in [5.41, 5.74) is 8.42. The molecule has 2 N–H and O–H groups in total. The predicted octanol–water partition coefficient (Wildman–Crippen LogP) is 4.16. The van der Waals surface area contributed by atoms with Crippen LogP contribution in [0.25, 0.3) is 33.3 Å². The second kappa shape index (κ2) is 9.65. The van der Waals surface area contributed by atoms with Gasteiger partial charge in [0.05, 0.1) is 6.10 Å². The molecule has 6 rings (SSSR count). The van der Waals surface area contributed by atoms with E-state index in [-0.39, 0.29) is 5.91 Å². The van der Waals surface area contributed by atoms with Crippen LogP contribution in [-0.4, -0.2) is 83.2 Å². The molecule has 7 nitrogen and oxygen atoms in total. The minimum absolute atomic E-state index is 0.0265. The van der Waals surface area contributed by atoms with Gasteiger partial charge < -0.3 is 24.8 Å². The van der Waals surface area contributed by atoms with Crippen molar-refractivity contribution < 1.29 is 9.90 Å². The Morgan fingerprint density at radius 1 is 0.973 bits per heavy atom. The highest BCUT2D eigenvalue weighted by Gasteiger charge is 2.25. The van der Waals surface area contributed by atoms with E-state index in [9.17, 15) is 9.90 Å². The molecule has 0 saturated carbocycles. The molecular weight excluding hydrogens is 462 g/mol. The Morgan fingerprint density at radius 2 is 1.73 bits per heavy atom. The van der Waals surface area contributed by atoms with Gasteiger partial charge in [0, 0.05) is 79.4 Å². The molecule has 0 aliphatic carbocycles. The van der Waals surface area contributed by atoms with Gasteiger partial charge in [-0.2, -0.15) is 0 Å². The summed E-state index contributed by atoms with van der Waals surface area (Å²) in [5.74, 6) is -0.0265. The van der Waals surface area contributed by atoms with Gasteiger partial charge in [-0.05, 0) is 67.4 Å². The fourth-order valence-electron chi connectivity index (χ4n) is 5.54. The Hall–Kier alpha value is -3.68. The molecule has 2 fully saturated rings. The first-order chi connectivity index (χ1) is 18.0. The number of likely N-dealkylation sites (tertiary alicyclic amines) is 1. The van der Waals surface area contributed by atoms with Gasteiger partial charge in [-0.3, -0.25) is 4.79 Å². The average molecular weight is 496 g/mol. The van der Waals surface area contributed by atoms with Crippen LogP contribution in [0.5, 0.6) is 0 Å². The molecule has 0 spiro atoms. The molecule has 2 aromatic carbocycles. The molecule has 2 saturated heterocycles. The number of carbonyl (C=O) groups is 1. The van der Waals surface area contributed by atoms with Crippen LogP contribution in [0.2, 0.25) is 0 Å². The van der Waals surface area contributed by atoms with Crippen LogP contribution in [0.3, 0.4) is 0 Å². The molecular formula is C30H33N5O2. The largest absolute Gasteiger partial charge is 0.391 e. The first-order valence-electron chi connectivity index (χ1n) is 13.1. The lowest BCUT2D eigenvalue weighted by atomic mass is 9.99. The van der Waals surface area contributed by atoms with E-state index in [0.29, 0.717) is 25.1 Å². The van der Waals surface area contributed by atoms with E-state index >= 15 is 0 Å². The number of piperazine rings is 1. The zero-order valence-corrected chi connectivity index (χ0v) is 21.4. The number of nitrogens with zero attached hydrogens (tertiary/aromatic N) is 4. The Balaban J connectivity index is 1.26. The summed E-state index contributed by atoms with van der Waals surface area (Å²) in [5, 5.41) is 10.8. The number of hydrogen-bond donors (Lipinski definition) is 2. The molecule has 37 heavy (non-hydrogen) atoms. The number of aromatic nitrogens is 2. The van der Waals surface area contributed by atoms with Gasteiger partial charge in [0.1, 0.15) is 5.65 Å². The molecule has 0 radical (unpaired) electrons. The molecule has 7 heteroatoms. The number of aliphatic hydroxyl groups is 1. The molecule has 2 aromatic heterocycles. The zero-order chi connectivity index (χ0) is 25.5. The lowest BCUT2D eigenvalue weighted by molar-refractivity contribution is 0.0765. The van der Waals surface area contributed by atoms with Crippen LogP contribution in [0.4, 0.5) is 5.69 Å². The highest BCUT2D eigenvalue weighted by atomic mass is 16.3. The molecule has 4 aromatic rings. The fraction of sp³-hybridized carbons (Fsp3) is 0.333. The van der Waals surface area contributed by atoms with Gasteiger partial charge in [0.2, 0.25) is 0 Å². The summed E-state index contributed by atoms with van der Waals surface area (Å²) >= 11 is 0. The number of carbonyl (C=O) groups excluding carboxylic acids is 1. The summed E-state index contributed by atoms with van der Waals surface area (Å²) in [7, 11) is 2.18. The quantitative estimate of drug-likeness (QED) is 0.445. The number of aryl methyl sites for hydroxylation is 1. The Bertz CT molecular complexity index is 1440. The van der Waals surface area contributed by atoms with E-state index in [2.05, 4.69) is 53.0 Å². The van der Waals surface area contributed by atoms with Crippen molar-refractivity contribution in [2.75, 3.05) is 51.2 Å². The van der Waals surface area contributed by atoms with Crippen LogP contribution < -0.4 is 4.90 Å². The second-order valence-electron chi connectivity index (χ2n) is 10.4. The van der Waals surface area contributed by atoms with Crippen molar-refractivity contribution in [2.45, 2.75) is 19.4 Å². The summed E-state index contributed by atoms with van der Waals surface area (Å²) in [6, 6.07) is 16.6. The van der Waals surface area contributed by atoms with Crippen molar-refractivity contribution in [1.82, 2.24) is 19.8 Å². The maximum absolute atomic E-state index is 12.8. The van der Waals surface area contributed by atoms with Crippen LogP contribution in [-0.2, 0) is 0 Å². The molecule has 2 aliphatic rings. The third-order valence-corrected chi connectivity index (χ3v) is 7.80. The Labute approximate surface area is 217 Å². The van der Waals surface area contributed by atoms with Gasteiger partial charge in [0.25, 0.3) is 5.91 Å². The van der Waals surface area contributed by atoms with E-state index in [0.717, 1.165) is 59.5 Å². The first-order valence-corrected chi connectivity index (χ1v) is 13.1. The normalized spacial score (nSPS) is 18.6. The molecule has 0 bridgehead atoms. The van der Waals surface area contributed by atoms with Crippen LogP contribution in [0.15, 0.2) is 60.9 Å². The van der Waals surface area contributed by atoms with Crippen molar-refractivity contribution in [1.29, 1.82) is 0 Å². The van der Waals surface area contributed by atoms with Crippen molar-refractivity contribution in [3.63, 3.8) is 0 Å². The second-order valence-corrected chi connectivity index (χ2v) is 10.4. The number of rotatable bonds is 4. The third kappa shape index (κ3) is 4.61. The number of β-amino-alcohol motifs (C(OH)–C–C–N with tert-alkyl or cyclic N) is 1. The minimum Gasteiger partial charge on any atom is -0.391 e. The van der Waals surface area contributed by atoms with Gasteiger partial charge >= 0.3 is 0 Å². The number of benzene rings is 2. The third-order valence-electron chi connectivity index (χ3n) is 7.80. The first kappa shape index (κ1) is 23.7. The van der Waals surface area contributed by atoms with Crippen molar-refractivity contribution in [3.8, 4) is 22.3 Å². The maximum Gasteiger partial charge on any atom is 0.253 e. The SMILES string of the molecule is Cc1cc(-c2cnc3[nH]cc(-c4ccc(C(=O)N5CC[C@@H](O)C5)cc4)c3c2)ccc1N1CCN(C)CC1. The van der Waals surface area contributed by atoms with E-state index in [1.807, 2.05) is 36.7 Å². The predicted molar refractivity (Wildman–Crippen MR) is 148 cm³/mol. The van der Waals surface area contributed by atoms with Crippen LogP contribution in [0, 0.1) is 6.92 Å². The summed E-state index contributed by atoms with van der Waals surface area (Å²) in [4.78, 5) is 27.3. The summed E-state index contributed by atoms with van der Waals surface area (Å²) in [6.07, 6.45) is 4.14. The van der Waals surface area contributed by atoms with Gasteiger partial charge in [-0.1, -0.05) is 18.2 Å². The minimum atomic E-state index is -0.414. The number of nitrogens with one attached hydrogen (secondary N) is 1. The fourth-order valence-corrected chi connectivity index (χ4v) is 5.54. The number of aliphatic hydroxyl groups excluding tert-OH is 1. The highest BCUT2D eigenvalue weighted by molar-refractivity contribution is 5.98. The molecule has 0 unspecified atom stereocenters. The lowest BCUT2D eigenvalue weighted by Gasteiger charge is -2.35. The molecule has 4 heterocycles. The number of hydrogen-bond acceptors (Lipinski definition) is 5. The van der Waals surface area contributed by atoms with Crippen LogP contribution in [0.1, 0.15) is 22.3 Å². The highest BCUT2D eigenvalue weighted by Crippen LogP contribution is 2.33. The number of likely N-dealkylation sites (N-methyl/N-ethyl adjacent to an activating group) is 1. The Kier molecular flexibility index (Phi) is 6.18. The van der Waals surface area contributed by atoms with E-state index in [1.165, 1.54) is 11.3 Å². The number of anilines is 1. The number of aromatic amines is 1. The Morgan fingerprint density at radius 3 is 2.43 bits per heavy atom.